The van der Waals surface area contributed by atoms with E-state index in [0.717, 1.165) is 5.56 Å². The third-order valence-corrected chi connectivity index (χ3v) is 4.75. The first-order chi connectivity index (χ1) is 14.4. The fraction of sp³-hybridized carbons (Fsp3) is 0. The van der Waals surface area contributed by atoms with Crippen LogP contribution < -0.4 is 10.6 Å². The molecular weight excluding hydrogens is 450 g/mol. The zero-order chi connectivity index (χ0) is 21.5. The Kier molecular flexibility index (Phi) is 6.71. The number of nitro benzene ring substituents is 1. The van der Waals surface area contributed by atoms with Crippen LogP contribution in [0.15, 0.2) is 89.0 Å². The number of nitro groups is 1. The summed E-state index contributed by atoms with van der Waals surface area (Å²) in [7, 11) is 0. The maximum Gasteiger partial charge on any atom is 0.272 e. The molecule has 0 saturated heterocycles. The van der Waals surface area contributed by atoms with Crippen molar-refractivity contribution in [3.63, 3.8) is 0 Å². The molecule has 0 heterocycles. The van der Waals surface area contributed by atoms with E-state index in [-0.39, 0.29) is 11.4 Å². The van der Waals surface area contributed by atoms with Crippen LogP contribution in [-0.2, 0) is 4.79 Å². The lowest BCUT2D eigenvalue weighted by molar-refractivity contribution is -0.384. The number of benzene rings is 3. The highest BCUT2D eigenvalue weighted by molar-refractivity contribution is 9.10. The van der Waals surface area contributed by atoms with Gasteiger partial charge in [0, 0.05) is 22.3 Å². The van der Waals surface area contributed by atoms with Crippen molar-refractivity contribution in [1.82, 2.24) is 5.32 Å². The largest absolute Gasteiger partial charge is 0.321 e. The van der Waals surface area contributed by atoms with E-state index in [1.54, 1.807) is 42.5 Å². The number of hydrogen-bond donors (Lipinski definition) is 2. The van der Waals surface area contributed by atoms with Gasteiger partial charge in [-0.3, -0.25) is 19.7 Å². The van der Waals surface area contributed by atoms with Gasteiger partial charge in [0.1, 0.15) is 5.70 Å². The lowest BCUT2D eigenvalue weighted by atomic mass is 10.1. The number of anilines is 1. The molecule has 0 aliphatic heterocycles. The van der Waals surface area contributed by atoms with E-state index in [1.807, 2.05) is 18.2 Å². The lowest BCUT2D eigenvalue weighted by Gasteiger charge is -2.12. The molecule has 3 aromatic carbocycles. The van der Waals surface area contributed by atoms with E-state index in [2.05, 4.69) is 26.6 Å². The number of amides is 2. The minimum absolute atomic E-state index is 0.0281. The number of hydrogen-bond acceptors (Lipinski definition) is 4. The molecule has 8 heteroatoms. The molecule has 0 fully saturated rings. The Bertz CT molecular complexity index is 1110. The first kappa shape index (κ1) is 20.9. The van der Waals surface area contributed by atoms with Crippen LogP contribution in [0.5, 0.6) is 0 Å². The Balaban J connectivity index is 1.86. The number of carbonyl (C=O) groups is 2. The highest BCUT2D eigenvalue weighted by Crippen LogP contribution is 2.18. The van der Waals surface area contributed by atoms with Crippen molar-refractivity contribution in [2.75, 3.05) is 5.32 Å². The highest BCUT2D eigenvalue weighted by atomic mass is 79.9. The molecule has 150 valence electrons. The normalized spacial score (nSPS) is 10.9. The van der Waals surface area contributed by atoms with Gasteiger partial charge in [0.05, 0.1) is 10.5 Å². The molecule has 7 nitrogen and oxygen atoms in total. The van der Waals surface area contributed by atoms with E-state index in [1.165, 1.54) is 24.3 Å². The van der Waals surface area contributed by atoms with Gasteiger partial charge in [-0.2, -0.15) is 0 Å². The molecule has 0 unspecified atom stereocenters. The monoisotopic (exact) mass is 465 g/mol. The van der Waals surface area contributed by atoms with Crippen molar-refractivity contribution in [3.8, 4) is 0 Å². The van der Waals surface area contributed by atoms with Crippen LogP contribution in [0, 0.1) is 10.1 Å². The van der Waals surface area contributed by atoms with Crippen molar-refractivity contribution < 1.29 is 14.5 Å². The third kappa shape index (κ3) is 5.39. The summed E-state index contributed by atoms with van der Waals surface area (Å²) in [6.07, 6.45) is 1.55. The van der Waals surface area contributed by atoms with Crippen LogP contribution in [0.1, 0.15) is 15.9 Å². The van der Waals surface area contributed by atoms with E-state index in [9.17, 15) is 19.7 Å². The number of rotatable bonds is 6. The predicted molar refractivity (Wildman–Crippen MR) is 118 cm³/mol. The molecule has 0 saturated carbocycles. The molecule has 2 amide bonds. The van der Waals surface area contributed by atoms with Gasteiger partial charge in [0.2, 0.25) is 0 Å². The summed E-state index contributed by atoms with van der Waals surface area (Å²) >= 11 is 3.33. The van der Waals surface area contributed by atoms with Gasteiger partial charge in [-0.1, -0.05) is 42.5 Å². The maximum absolute atomic E-state index is 12.8. The predicted octanol–water partition coefficient (Wildman–Crippen LogP) is 4.77. The van der Waals surface area contributed by atoms with Crippen LogP contribution in [0.4, 0.5) is 11.4 Å². The number of nitrogens with zero attached hydrogens (tertiary/aromatic N) is 1. The second-order valence-corrected chi connectivity index (χ2v) is 7.02. The van der Waals surface area contributed by atoms with E-state index in [0.29, 0.717) is 15.7 Å². The molecule has 30 heavy (non-hydrogen) atoms. The summed E-state index contributed by atoms with van der Waals surface area (Å²) in [5.74, 6) is -1.02. The van der Waals surface area contributed by atoms with Crippen LogP contribution in [0.2, 0.25) is 0 Å². The topological polar surface area (TPSA) is 101 Å². The van der Waals surface area contributed by atoms with Crippen LogP contribution in [-0.4, -0.2) is 16.7 Å². The molecule has 0 bridgehead atoms. The molecule has 3 aromatic rings. The standard InChI is InChI=1S/C22H16BrN3O4/c23-19-9-5-4-8-18(19)21(27)25-20(14-15-6-2-1-3-7-15)22(28)24-16-10-12-17(13-11-16)26(29)30/h1-14H,(H,24,28)(H,25,27). The summed E-state index contributed by atoms with van der Waals surface area (Å²) in [6.45, 7) is 0. The number of non-ortho nitro benzene ring substituents is 1. The van der Waals surface area contributed by atoms with Crippen molar-refractivity contribution in [1.29, 1.82) is 0 Å². The molecular formula is C22H16BrN3O4. The Labute approximate surface area is 180 Å². The maximum atomic E-state index is 12.8. The molecule has 3 rings (SSSR count). The number of carbonyl (C=O) groups excluding carboxylic acids is 2. The van der Waals surface area contributed by atoms with Gasteiger partial charge in [0.15, 0.2) is 0 Å². The molecule has 0 radical (unpaired) electrons. The summed E-state index contributed by atoms with van der Waals surface area (Å²) < 4.78 is 0.595. The second-order valence-electron chi connectivity index (χ2n) is 6.16. The SMILES string of the molecule is O=C(Nc1ccc([N+](=O)[O-])cc1)C(=Cc1ccccc1)NC(=O)c1ccccc1Br. The highest BCUT2D eigenvalue weighted by Gasteiger charge is 2.17. The first-order valence-electron chi connectivity index (χ1n) is 8.82. The summed E-state index contributed by atoms with van der Waals surface area (Å²) in [5, 5.41) is 16.1. The van der Waals surface area contributed by atoms with E-state index < -0.39 is 16.7 Å². The average molecular weight is 466 g/mol. The Morgan fingerprint density at radius 2 is 1.53 bits per heavy atom. The molecule has 2 N–H and O–H groups in total. The first-order valence-corrected chi connectivity index (χ1v) is 9.62. The quantitative estimate of drug-likeness (QED) is 0.311. The summed E-state index contributed by atoms with van der Waals surface area (Å²) in [6, 6.07) is 21.3. The van der Waals surface area contributed by atoms with E-state index >= 15 is 0 Å². The van der Waals surface area contributed by atoms with E-state index in [4.69, 9.17) is 0 Å². The van der Waals surface area contributed by atoms with Crippen molar-refractivity contribution in [2.45, 2.75) is 0 Å². The van der Waals surface area contributed by atoms with Crippen molar-refractivity contribution >= 4 is 45.2 Å². The number of halogens is 1. The fourth-order valence-corrected chi connectivity index (χ4v) is 3.04. The van der Waals surface area contributed by atoms with Gasteiger partial charge in [0.25, 0.3) is 17.5 Å². The minimum Gasteiger partial charge on any atom is -0.321 e. The smallest absolute Gasteiger partial charge is 0.272 e. The Morgan fingerprint density at radius 3 is 2.17 bits per heavy atom. The second kappa shape index (κ2) is 9.62. The summed E-state index contributed by atoms with van der Waals surface area (Å²) in [4.78, 5) is 35.8. The van der Waals surface area contributed by atoms with Gasteiger partial charge < -0.3 is 10.6 Å². The van der Waals surface area contributed by atoms with Gasteiger partial charge >= 0.3 is 0 Å². The lowest BCUT2D eigenvalue weighted by Crippen LogP contribution is -2.31. The molecule has 0 aliphatic rings. The minimum atomic E-state index is -0.562. The number of nitrogens with one attached hydrogen (secondary N) is 2. The molecule has 0 aliphatic carbocycles. The zero-order valence-corrected chi connectivity index (χ0v) is 17.1. The van der Waals surface area contributed by atoms with Gasteiger partial charge in [-0.25, -0.2) is 0 Å². The van der Waals surface area contributed by atoms with Crippen LogP contribution in [0.25, 0.3) is 6.08 Å². The van der Waals surface area contributed by atoms with Crippen molar-refractivity contribution in [3.05, 3.63) is 110 Å². The third-order valence-electron chi connectivity index (χ3n) is 4.06. The van der Waals surface area contributed by atoms with Gasteiger partial charge in [-0.15, -0.1) is 0 Å². The van der Waals surface area contributed by atoms with Crippen LogP contribution >= 0.6 is 15.9 Å². The van der Waals surface area contributed by atoms with Gasteiger partial charge in [-0.05, 0) is 51.8 Å². The molecule has 0 spiro atoms. The molecule has 0 aromatic heterocycles. The average Bonchev–Trinajstić information content (AvgIpc) is 2.74. The Hall–Kier alpha value is -3.78. The zero-order valence-electron chi connectivity index (χ0n) is 15.5. The summed E-state index contributed by atoms with van der Waals surface area (Å²) in [5.41, 5.74) is 1.40. The van der Waals surface area contributed by atoms with Crippen molar-refractivity contribution in [2.24, 2.45) is 0 Å². The molecule has 0 atom stereocenters. The Morgan fingerprint density at radius 1 is 0.900 bits per heavy atom. The van der Waals surface area contributed by atoms with Crippen LogP contribution in [0.3, 0.4) is 0 Å². The fourth-order valence-electron chi connectivity index (χ4n) is 2.57.